The van der Waals surface area contributed by atoms with E-state index in [1.807, 2.05) is 48.7 Å². The molecule has 0 aliphatic carbocycles. The SMILES string of the molecule is Cc1ccc(Cl)c(OCc2csc(C(=O)Nc3ncn(Cc4ccc(Cl)cc4)n3)c2)c1. The first-order chi connectivity index (χ1) is 15.0. The molecule has 0 bridgehead atoms. The third kappa shape index (κ3) is 5.64. The van der Waals surface area contributed by atoms with Crippen molar-refractivity contribution in [2.45, 2.75) is 20.1 Å². The van der Waals surface area contributed by atoms with E-state index in [0.29, 0.717) is 33.8 Å². The van der Waals surface area contributed by atoms with Gasteiger partial charge in [-0.25, -0.2) is 9.67 Å². The first-order valence-corrected chi connectivity index (χ1v) is 11.0. The predicted octanol–water partition coefficient (Wildman–Crippen LogP) is 5.83. The summed E-state index contributed by atoms with van der Waals surface area (Å²) in [6.07, 6.45) is 1.57. The summed E-state index contributed by atoms with van der Waals surface area (Å²) in [7, 11) is 0. The number of carbonyl (C=O) groups excluding carboxylic acids is 1. The van der Waals surface area contributed by atoms with Crippen LogP contribution in [0.5, 0.6) is 5.75 Å². The summed E-state index contributed by atoms with van der Waals surface area (Å²) in [6, 6.07) is 14.9. The fourth-order valence-corrected chi connectivity index (χ4v) is 3.91. The second-order valence-electron chi connectivity index (χ2n) is 6.89. The van der Waals surface area contributed by atoms with Crippen molar-refractivity contribution in [3.63, 3.8) is 0 Å². The number of hydrogen-bond donors (Lipinski definition) is 1. The molecule has 2 aromatic heterocycles. The van der Waals surface area contributed by atoms with Gasteiger partial charge in [-0.15, -0.1) is 16.4 Å². The lowest BCUT2D eigenvalue weighted by Gasteiger charge is -2.07. The van der Waals surface area contributed by atoms with Crippen LogP contribution < -0.4 is 10.1 Å². The number of amides is 1. The second-order valence-corrected chi connectivity index (χ2v) is 8.64. The maximum Gasteiger partial charge on any atom is 0.268 e. The molecular formula is C22H18Cl2N4O2S. The minimum atomic E-state index is -0.269. The van der Waals surface area contributed by atoms with E-state index in [1.165, 1.54) is 11.3 Å². The summed E-state index contributed by atoms with van der Waals surface area (Å²) in [5, 5.41) is 10.1. The Morgan fingerprint density at radius 3 is 2.74 bits per heavy atom. The number of anilines is 1. The number of ether oxygens (including phenoxy) is 1. The number of aryl methyl sites for hydroxylation is 1. The van der Waals surface area contributed by atoms with Gasteiger partial charge in [-0.2, -0.15) is 0 Å². The maximum atomic E-state index is 12.5. The zero-order chi connectivity index (χ0) is 21.8. The molecule has 0 aliphatic rings. The van der Waals surface area contributed by atoms with Crippen molar-refractivity contribution in [3.8, 4) is 5.75 Å². The lowest BCUT2D eigenvalue weighted by Crippen LogP contribution is -2.12. The van der Waals surface area contributed by atoms with Gasteiger partial charge in [0.25, 0.3) is 5.91 Å². The second kappa shape index (κ2) is 9.51. The Bertz CT molecular complexity index is 1200. The van der Waals surface area contributed by atoms with Crippen LogP contribution in [-0.2, 0) is 13.2 Å². The smallest absolute Gasteiger partial charge is 0.268 e. The van der Waals surface area contributed by atoms with E-state index in [2.05, 4.69) is 15.4 Å². The van der Waals surface area contributed by atoms with Gasteiger partial charge in [-0.3, -0.25) is 10.1 Å². The Kier molecular flexibility index (Phi) is 6.56. The van der Waals surface area contributed by atoms with Crippen molar-refractivity contribution in [2.24, 2.45) is 0 Å². The minimum absolute atomic E-state index is 0.247. The van der Waals surface area contributed by atoms with Crippen molar-refractivity contribution in [3.05, 3.63) is 91.9 Å². The van der Waals surface area contributed by atoms with Crippen molar-refractivity contribution in [1.29, 1.82) is 0 Å². The largest absolute Gasteiger partial charge is 0.487 e. The fraction of sp³-hybridized carbons (Fsp3) is 0.136. The van der Waals surface area contributed by atoms with Gasteiger partial charge in [0.15, 0.2) is 0 Å². The molecule has 9 heteroatoms. The van der Waals surface area contributed by atoms with Gasteiger partial charge < -0.3 is 4.74 Å². The van der Waals surface area contributed by atoms with E-state index in [1.54, 1.807) is 23.1 Å². The number of aromatic nitrogens is 3. The molecule has 1 amide bonds. The molecule has 0 unspecified atom stereocenters. The molecule has 0 saturated heterocycles. The number of nitrogens with one attached hydrogen (secondary N) is 1. The first-order valence-electron chi connectivity index (χ1n) is 9.38. The topological polar surface area (TPSA) is 69.0 Å². The summed E-state index contributed by atoms with van der Waals surface area (Å²) < 4.78 is 7.44. The molecule has 0 spiro atoms. The molecule has 0 atom stereocenters. The number of thiophene rings is 1. The Labute approximate surface area is 193 Å². The Balaban J connectivity index is 1.34. The van der Waals surface area contributed by atoms with Crippen LogP contribution in [0, 0.1) is 6.92 Å². The summed E-state index contributed by atoms with van der Waals surface area (Å²) in [5.41, 5.74) is 2.98. The van der Waals surface area contributed by atoms with Crippen LogP contribution in [-0.4, -0.2) is 20.7 Å². The quantitative estimate of drug-likeness (QED) is 0.367. The van der Waals surface area contributed by atoms with E-state index in [0.717, 1.165) is 16.7 Å². The first kappa shape index (κ1) is 21.4. The molecule has 0 fully saturated rings. The Morgan fingerprint density at radius 2 is 1.94 bits per heavy atom. The monoisotopic (exact) mass is 472 g/mol. The standard InChI is InChI=1S/C22H18Cl2N4O2S/c1-14-2-7-18(24)19(8-14)30-11-16-9-20(31-12-16)21(29)26-22-25-13-28(27-22)10-15-3-5-17(23)6-4-15/h2-9,12-13H,10-11H2,1H3,(H,26,27,29). The molecule has 4 rings (SSSR count). The van der Waals surface area contributed by atoms with Crippen molar-refractivity contribution < 1.29 is 9.53 Å². The average Bonchev–Trinajstić information content (AvgIpc) is 3.40. The summed E-state index contributed by atoms with van der Waals surface area (Å²) in [6.45, 7) is 2.82. The highest BCUT2D eigenvalue weighted by Crippen LogP contribution is 2.27. The van der Waals surface area contributed by atoms with Crippen LogP contribution in [0.3, 0.4) is 0 Å². The fourth-order valence-electron chi connectivity index (χ4n) is 2.82. The van der Waals surface area contributed by atoms with Crippen LogP contribution in [0.1, 0.15) is 26.4 Å². The van der Waals surface area contributed by atoms with Crippen molar-refractivity contribution in [2.75, 3.05) is 5.32 Å². The van der Waals surface area contributed by atoms with Crippen molar-refractivity contribution >= 4 is 46.4 Å². The van der Waals surface area contributed by atoms with Gasteiger partial charge in [-0.1, -0.05) is 41.4 Å². The molecule has 1 N–H and O–H groups in total. The molecular weight excluding hydrogens is 455 g/mol. The highest BCUT2D eigenvalue weighted by atomic mass is 35.5. The lowest BCUT2D eigenvalue weighted by atomic mass is 10.2. The van der Waals surface area contributed by atoms with Gasteiger partial charge in [0, 0.05) is 10.6 Å². The summed E-state index contributed by atoms with van der Waals surface area (Å²) in [5.74, 6) is 0.597. The van der Waals surface area contributed by atoms with E-state index >= 15 is 0 Å². The van der Waals surface area contributed by atoms with Crippen LogP contribution in [0.15, 0.2) is 60.2 Å². The zero-order valence-electron chi connectivity index (χ0n) is 16.5. The third-order valence-corrected chi connectivity index (χ3v) is 5.92. The van der Waals surface area contributed by atoms with Gasteiger partial charge in [0.05, 0.1) is 16.4 Å². The van der Waals surface area contributed by atoms with Crippen LogP contribution in [0.2, 0.25) is 10.0 Å². The molecule has 0 saturated carbocycles. The maximum absolute atomic E-state index is 12.5. The third-order valence-electron chi connectivity index (χ3n) is 4.38. The molecule has 2 heterocycles. The van der Waals surface area contributed by atoms with Crippen LogP contribution in [0.25, 0.3) is 0 Å². The number of nitrogens with zero attached hydrogens (tertiary/aromatic N) is 3. The predicted molar refractivity (Wildman–Crippen MR) is 123 cm³/mol. The molecule has 0 aliphatic heterocycles. The number of hydrogen-bond acceptors (Lipinski definition) is 5. The zero-order valence-corrected chi connectivity index (χ0v) is 18.8. The van der Waals surface area contributed by atoms with Gasteiger partial charge in [0.1, 0.15) is 18.7 Å². The Morgan fingerprint density at radius 1 is 1.13 bits per heavy atom. The number of halogens is 2. The number of carbonyl (C=O) groups is 1. The van der Waals surface area contributed by atoms with E-state index in [-0.39, 0.29) is 11.9 Å². The van der Waals surface area contributed by atoms with E-state index < -0.39 is 0 Å². The van der Waals surface area contributed by atoms with Crippen LogP contribution >= 0.6 is 34.5 Å². The molecule has 4 aromatic rings. The summed E-state index contributed by atoms with van der Waals surface area (Å²) >= 11 is 13.4. The highest BCUT2D eigenvalue weighted by Gasteiger charge is 2.13. The average molecular weight is 473 g/mol. The van der Waals surface area contributed by atoms with Gasteiger partial charge >= 0.3 is 0 Å². The summed E-state index contributed by atoms with van der Waals surface area (Å²) in [4.78, 5) is 17.2. The van der Waals surface area contributed by atoms with Gasteiger partial charge in [0.2, 0.25) is 5.95 Å². The van der Waals surface area contributed by atoms with E-state index in [4.69, 9.17) is 27.9 Å². The van der Waals surface area contributed by atoms with Gasteiger partial charge in [-0.05, 0) is 53.8 Å². The Hall–Kier alpha value is -2.87. The number of benzene rings is 2. The normalized spacial score (nSPS) is 10.8. The van der Waals surface area contributed by atoms with Crippen LogP contribution in [0.4, 0.5) is 5.95 Å². The molecule has 31 heavy (non-hydrogen) atoms. The lowest BCUT2D eigenvalue weighted by molar-refractivity contribution is 0.102. The molecule has 0 radical (unpaired) electrons. The molecule has 6 nitrogen and oxygen atoms in total. The van der Waals surface area contributed by atoms with Crippen molar-refractivity contribution in [1.82, 2.24) is 14.8 Å². The molecule has 2 aromatic carbocycles. The number of rotatable bonds is 7. The minimum Gasteiger partial charge on any atom is -0.487 e. The van der Waals surface area contributed by atoms with E-state index in [9.17, 15) is 4.79 Å². The highest BCUT2D eigenvalue weighted by molar-refractivity contribution is 7.12. The molecule has 158 valence electrons.